The van der Waals surface area contributed by atoms with Crippen LogP contribution in [0.3, 0.4) is 0 Å². The number of nitrogens with zero attached hydrogens (tertiary/aromatic N) is 2. The molecule has 2 aromatic heterocycles. The Labute approximate surface area is 178 Å². The SMILES string of the molecule is CCOC(=O)Cc1csc(NC(=O)CSc2nc3cc(C)ccc3cc2CC)n1. The van der Waals surface area contributed by atoms with Crippen LogP contribution >= 0.6 is 23.1 Å². The van der Waals surface area contributed by atoms with Crippen LogP contribution in [0.25, 0.3) is 10.9 Å². The number of nitrogens with one attached hydrogen (secondary N) is 1. The Bertz CT molecular complexity index is 1030. The molecule has 0 fully saturated rings. The van der Waals surface area contributed by atoms with Gasteiger partial charge in [0.2, 0.25) is 5.91 Å². The number of thiazole rings is 1. The van der Waals surface area contributed by atoms with E-state index in [-0.39, 0.29) is 24.1 Å². The van der Waals surface area contributed by atoms with Gasteiger partial charge in [0.05, 0.1) is 30.0 Å². The Balaban J connectivity index is 1.62. The highest BCUT2D eigenvalue weighted by atomic mass is 32.2. The van der Waals surface area contributed by atoms with Crippen molar-refractivity contribution in [3.05, 3.63) is 46.5 Å². The molecule has 0 aliphatic carbocycles. The molecule has 0 unspecified atom stereocenters. The fourth-order valence-corrected chi connectivity index (χ4v) is 4.39. The third kappa shape index (κ3) is 5.77. The summed E-state index contributed by atoms with van der Waals surface area (Å²) in [4.78, 5) is 32.9. The van der Waals surface area contributed by atoms with Crippen molar-refractivity contribution in [3.8, 4) is 0 Å². The first kappa shape index (κ1) is 21.3. The molecule has 0 bridgehead atoms. The molecule has 1 N–H and O–H groups in total. The maximum Gasteiger partial charge on any atom is 0.311 e. The van der Waals surface area contributed by atoms with Crippen molar-refractivity contribution >= 4 is 51.0 Å². The third-order valence-corrected chi connectivity index (χ3v) is 6.00. The number of aryl methyl sites for hydroxylation is 2. The van der Waals surface area contributed by atoms with Crippen molar-refractivity contribution in [1.82, 2.24) is 9.97 Å². The number of esters is 1. The van der Waals surface area contributed by atoms with Gasteiger partial charge in [0.25, 0.3) is 0 Å². The van der Waals surface area contributed by atoms with Crippen molar-refractivity contribution in [3.63, 3.8) is 0 Å². The molecule has 0 aliphatic heterocycles. The van der Waals surface area contributed by atoms with Crippen LogP contribution in [-0.2, 0) is 27.2 Å². The Morgan fingerprint density at radius 2 is 2.03 bits per heavy atom. The lowest BCUT2D eigenvalue weighted by atomic mass is 10.1. The Hall–Kier alpha value is -2.45. The number of ether oxygens (including phenoxy) is 1. The second-order valence-corrected chi connectivity index (χ2v) is 8.29. The zero-order chi connectivity index (χ0) is 20.8. The molecule has 2 heterocycles. The van der Waals surface area contributed by atoms with Gasteiger partial charge in [-0.15, -0.1) is 11.3 Å². The van der Waals surface area contributed by atoms with Crippen molar-refractivity contribution in [2.75, 3.05) is 17.7 Å². The highest BCUT2D eigenvalue weighted by Gasteiger charge is 2.13. The van der Waals surface area contributed by atoms with Crippen LogP contribution in [0.15, 0.2) is 34.7 Å². The molecule has 1 amide bonds. The summed E-state index contributed by atoms with van der Waals surface area (Å²) in [5.41, 5.74) is 3.82. The van der Waals surface area contributed by atoms with Crippen LogP contribution in [0.4, 0.5) is 5.13 Å². The largest absolute Gasteiger partial charge is 0.466 e. The number of fused-ring (bicyclic) bond motifs is 1. The second-order valence-electron chi connectivity index (χ2n) is 6.47. The molecular formula is C21H23N3O3S2. The molecule has 0 spiro atoms. The molecule has 0 saturated heterocycles. The zero-order valence-corrected chi connectivity index (χ0v) is 18.3. The topological polar surface area (TPSA) is 81.2 Å². The Morgan fingerprint density at radius 1 is 1.21 bits per heavy atom. The van der Waals surface area contributed by atoms with Crippen LogP contribution in [0.2, 0.25) is 0 Å². The molecule has 29 heavy (non-hydrogen) atoms. The highest BCUT2D eigenvalue weighted by molar-refractivity contribution is 8.00. The molecule has 8 heteroatoms. The average molecular weight is 430 g/mol. The molecule has 3 rings (SSSR count). The number of carbonyl (C=O) groups is 2. The first-order chi connectivity index (χ1) is 14.0. The van der Waals surface area contributed by atoms with E-state index in [2.05, 4.69) is 41.5 Å². The van der Waals surface area contributed by atoms with Crippen LogP contribution in [0, 0.1) is 6.92 Å². The van der Waals surface area contributed by atoms with Gasteiger partial charge in [-0.2, -0.15) is 0 Å². The van der Waals surface area contributed by atoms with Gasteiger partial charge in [-0.1, -0.05) is 30.8 Å². The van der Waals surface area contributed by atoms with E-state index in [1.165, 1.54) is 23.1 Å². The summed E-state index contributed by atoms with van der Waals surface area (Å²) in [6, 6.07) is 8.35. The molecule has 6 nitrogen and oxygen atoms in total. The van der Waals surface area contributed by atoms with Crippen molar-refractivity contribution in [2.24, 2.45) is 0 Å². The summed E-state index contributed by atoms with van der Waals surface area (Å²) >= 11 is 2.72. The first-order valence-corrected chi connectivity index (χ1v) is 11.3. The number of hydrogen-bond donors (Lipinski definition) is 1. The minimum Gasteiger partial charge on any atom is -0.466 e. The second kappa shape index (κ2) is 9.84. The third-order valence-electron chi connectivity index (χ3n) is 4.16. The lowest BCUT2D eigenvalue weighted by Gasteiger charge is -2.09. The van der Waals surface area contributed by atoms with Crippen molar-refractivity contribution in [1.29, 1.82) is 0 Å². The number of pyridine rings is 1. The van der Waals surface area contributed by atoms with E-state index in [9.17, 15) is 9.59 Å². The molecular weight excluding hydrogens is 406 g/mol. The number of thioether (sulfide) groups is 1. The standard InChI is InChI=1S/C21H23N3O3S2/c1-4-14-9-15-7-6-13(3)8-17(15)23-20(14)28-12-18(25)24-21-22-16(11-29-21)10-19(26)27-5-2/h6-9,11H,4-5,10,12H2,1-3H3,(H,22,24,25). The van der Waals surface area contributed by atoms with E-state index in [4.69, 9.17) is 9.72 Å². The average Bonchev–Trinajstić information content (AvgIpc) is 3.12. The summed E-state index contributed by atoms with van der Waals surface area (Å²) in [6.45, 7) is 6.23. The van der Waals surface area contributed by atoms with E-state index in [0.29, 0.717) is 17.4 Å². The van der Waals surface area contributed by atoms with Crippen LogP contribution in [0.1, 0.15) is 30.7 Å². The maximum atomic E-state index is 12.4. The normalized spacial score (nSPS) is 10.9. The van der Waals surface area contributed by atoms with Gasteiger partial charge in [0.1, 0.15) is 5.03 Å². The summed E-state index contributed by atoms with van der Waals surface area (Å²) in [7, 11) is 0. The predicted molar refractivity (Wildman–Crippen MR) is 118 cm³/mol. The maximum absolute atomic E-state index is 12.4. The van der Waals surface area contributed by atoms with Crippen molar-refractivity contribution < 1.29 is 14.3 Å². The Morgan fingerprint density at radius 3 is 2.79 bits per heavy atom. The monoisotopic (exact) mass is 429 g/mol. The number of rotatable bonds is 8. The van der Waals surface area contributed by atoms with E-state index in [1.807, 2.05) is 6.92 Å². The lowest BCUT2D eigenvalue weighted by molar-refractivity contribution is -0.142. The number of aromatic nitrogens is 2. The minimum absolute atomic E-state index is 0.106. The van der Waals surface area contributed by atoms with Gasteiger partial charge in [-0.3, -0.25) is 9.59 Å². The minimum atomic E-state index is -0.323. The lowest BCUT2D eigenvalue weighted by Crippen LogP contribution is -2.14. The van der Waals surface area contributed by atoms with Crippen molar-refractivity contribution in [2.45, 2.75) is 38.6 Å². The quantitative estimate of drug-likeness (QED) is 0.422. The van der Waals surface area contributed by atoms with E-state index < -0.39 is 0 Å². The molecule has 152 valence electrons. The predicted octanol–water partition coefficient (Wildman–Crippen LogP) is 4.40. The summed E-state index contributed by atoms with van der Waals surface area (Å²) < 4.78 is 4.91. The molecule has 0 saturated carbocycles. The molecule has 0 radical (unpaired) electrons. The zero-order valence-electron chi connectivity index (χ0n) is 16.7. The van der Waals surface area contributed by atoms with Gasteiger partial charge >= 0.3 is 5.97 Å². The fraction of sp³-hybridized carbons (Fsp3) is 0.333. The summed E-state index contributed by atoms with van der Waals surface area (Å²) in [6.07, 6.45) is 0.958. The van der Waals surface area contributed by atoms with E-state index in [0.717, 1.165) is 33.5 Å². The smallest absolute Gasteiger partial charge is 0.311 e. The van der Waals surface area contributed by atoms with Crippen LogP contribution in [-0.4, -0.2) is 34.2 Å². The van der Waals surface area contributed by atoms with Crippen LogP contribution < -0.4 is 5.32 Å². The first-order valence-electron chi connectivity index (χ1n) is 9.41. The molecule has 0 aliphatic rings. The summed E-state index contributed by atoms with van der Waals surface area (Å²) in [5.74, 6) is -0.236. The summed E-state index contributed by atoms with van der Waals surface area (Å²) in [5, 5.41) is 7.01. The molecule has 3 aromatic rings. The number of hydrogen-bond acceptors (Lipinski definition) is 7. The molecule has 0 atom stereocenters. The van der Waals surface area contributed by atoms with Gasteiger partial charge in [-0.25, -0.2) is 9.97 Å². The van der Waals surface area contributed by atoms with Gasteiger partial charge in [-0.05, 0) is 43.5 Å². The fourth-order valence-electron chi connectivity index (χ4n) is 2.78. The number of anilines is 1. The number of carbonyl (C=O) groups excluding carboxylic acids is 2. The Kier molecular flexibility index (Phi) is 7.22. The highest BCUT2D eigenvalue weighted by Crippen LogP contribution is 2.26. The van der Waals surface area contributed by atoms with Crippen LogP contribution in [0.5, 0.6) is 0 Å². The van der Waals surface area contributed by atoms with Gasteiger partial charge in [0.15, 0.2) is 5.13 Å². The number of amides is 1. The van der Waals surface area contributed by atoms with E-state index in [1.54, 1.807) is 12.3 Å². The van der Waals surface area contributed by atoms with Gasteiger partial charge < -0.3 is 10.1 Å². The van der Waals surface area contributed by atoms with Gasteiger partial charge in [0, 0.05) is 10.8 Å². The van der Waals surface area contributed by atoms with E-state index >= 15 is 0 Å². The number of benzene rings is 1. The molecule has 1 aromatic carbocycles.